The summed E-state index contributed by atoms with van der Waals surface area (Å²) in [5.74, 6) is 0.192. The maximum atomic E-state index is 13.1. The number of hydrogen-bond donors (Lipinski definition) is 1. The molecule has 0 saturated carbocycles. The molecule has 1 N–H and O–H groups in total. The number of nitrogens with one attached hydrogen (secondary N) is 1. The van der Waals surface area contributed by atoms with Gasteiger partial charge in [0.15, 0.2) is 6.61 Å². The van der Waals surface area contributed by atoms with Crippen LogP contribution in [0.5, 0.6) is 5.75 Å². The van der Waals surface area contributed by atoms with Crippen LogP contribution in [0.25, 0.3) is 0 Å². The number of halogens is 1. The highest BCUT2D eigenvalue weighted by Crippen LogP contribution is 2.21. The van der Waals surface area contributed by atoms with Gasteiger partial charge in [-0.2, -0.15) is 0 Å². The Morgan fingerprint density at radius 2 is 1.83 bits per heavy atom. The number of rotatable bonds is 9. The average molecular weight is 431 g/mol. The van der Waals surface area contributed by atoms with Gasteiger partial charge in [-0.15, -0.1) is 0 Å². The van der Waals surface area contributed by atoms with Gasteiger partial charge in [-0.05, 0) is 62.9 Å². The number of ether oxygens (including phenoxy) is 1. The molecular formula is C24H31ClN2O3. The fourth-order valence-corrected chi connectivity index (χ4v) is 3.14. The largest absolute Gasteiger partial charge is 0.483 e. The molecule has 162 valence electrons. The number of aryl methyl sites for hydroxylation is 2. The first-order chi connectivity index (χ1) is 14.2. The second-order valence-corrected chi connectivity index (χ2v) is 8.07. The number of hydrogen-bond acceptors (Lipinski definition) is 3. The maximum Gasteiger partial charge on any atom is 0.261 e. The molecule has 0 bridgehead atoms. The minimum atomic E-state index is -0.662. The normalized spacial score (nSPS) is 12.7. The van der Waals surface area contributed by atoms with Gasteiger partial charge in [0.05, 0.1) is 0 Å². The van der Waals surface area contributed by atoms with E-state index < -0.39 is 6.04 Å². The van der Waals surface area contributed by atoms with Crippen molar-refractivity contribution >= 4 is 23.4 Å². The highest BCUT2D eigenvalue weighted by molar-refractivity contribution is 6.31. The lowest BCUT2D eigenvalue weighted by Crippen LogP contribution is -2.50. The average Bonchev–Trinajstić information content (AvgIpc) is 2.72. The summed E-state index contributed by atoms with van der Waals surface area (Å²) in [6.45, 7) is 9.64. The Bertz CT molecular complexity index is 885. The summed E-state index contributed by atoms with van der Waals surface area (Å²) >= 11 is 6.31. The minimum Gasteiger partial charge on any atom is -0.483 e. The molecule has 5 nitrogen and oxygen atoms in total. The van der Waals surface area contributed by atoms with Gasteiger partial charge in [-0.1, -0.05) is 48.9 Å². The van der Waals surface area contributed by atoms with Crippen LogP contribution in [0.3, 0.4) is 0 Å². The molecule has 2 amide bonds. The summed E-state index contributed by atoms with van der Waals surface area (Å²) < 4.78 is 5.80. The van der Waals surface area contributed by atoms with Crippen LogP contribution in [-0.2, 0) is 16.1 Å². The number of carbonyl (C=O) groups is 2. The summed E-state index contributed by atoms with van der Waals surface area (Å²) in [7, 11) is 0. The Morgan fingerprint density at radius 3 is 2.50 bits per heavy atom. The molecule has 0 unspecified atom stereocenters. The molecule has 0 aromatic heterocycles. The van der Waals surface area contributed by atoms with Crippen molar-refractivity contribution in [3.63, 3.8) is 0 Å². The monoisotopic (exact) mass is 430 g/mol. The molecule has 30 heavy (non-hydrogen) atoms. The van der Waals surface area contributed by atoms with E-state index in [2.05, 4.69) is 5.32 Å². The molecule has 0 aliphatic rings. The number of amides is 2. The zero-order chi connectivity index (χ0) is 22.3. The lowest BCUT2D eigenvalue weighted by Gasteiger charge is -2.30. The van der Waals surface area contributed by atoms with E-state index in [1.54, 1.807) is 13.0 Å². The van der Waals surface area contributed by atoms with Gasteiger partial charge in [0.25, 0.3) is 5.91 Å². The zero-order valence-electron chi connectivity index (χ0n) is 18.4. The van der Waals surface area contributed by atoms with Crippen LogP contribution in [0.2, 0.25) is 5.02 Å². The molecule has 0 aliphatic heterocycles. The Morgan fingerprint density at radius 1 is 1.13 bits per heavy atom. The number of nitrogens with zero attached hydrogens (tertiary/aromatic N) is 1. The van der Waals surface area contributed by atoms with E-state index in [-0.39, 0.29) is 31.0 Å². The van der Waals surface area contributed by atoms with Crippen molar-refractivity contribution in [2.45, 2.75) is 59.7 Å². The number of carbonyl (C=O) groups excluding carboxylic acids is 2. The highest BCUT2D eigenvalue weighted by Gasteiger charge is 2.27. The van der Waals surface area contributed by atoms with Crippen LogP contribution in [-0.4, -0.2) is 35.4 Å². The van der Waals surface area contributed by atoms with E-state index in [1.807, 2.05) is 64.1 Å². The Hall–Kier alpha value is -2.53. The summed E-state index contributed by atoms with van der Waals surface area (Å²) in [4.78, 5) is 27.4. The van der Waals surface area contributed by atoms with Crippen LogP contribution in [0.4, 0.5) is 0 Å². The first-order valence-electron chi connectivity index (χ1n) is 10.3. The first kappa shape index (κ1) is 23.7. The molecule has 2 atom stereocenters. The summed E-state index contributed by atoms with van der Waals surface area (Å²) in [6, 6.07) is 12.5. The Kier molecular flexibility index (Phi) is 8.72. The Balaban J connectivity index is 2.20. The molecule has 0 fully saturated rings. The van der Waals surface area contributed by atoms with E-state index in [4.69, 9.17) is 16.3 Å². The van der Waals surface area contributed by atoms with Crippen LogP contribution < -0.4 is 10.1 Å². The van der Waals surface area contributed by atoms with Crippen molar-refractivity contribution < 1.29 is 14.3 Å². The third-order valence-corrected chi connectivity index (χ3v) is 5.53. The van der Waals surface area contributed by atoms with Crippen LogP contribution in [0, 0.1) is 13.8 Å². The minimum absolute atomic E-state index is 0.0309. The fourth-order valence-electron chi connectivity index (χ4n) is 2.94. The van der Waals surface area contributed by atoms with Gasteiger partial charge in [0.2, 0.25) is 5.91 Å². The van der Waals surface area contributed by atoms with Crippen LogP contribution in [0.1, 0.15) is 43.9 Å². The standard InChI is InChI=1S/C24H31ClN2O3/c1-6-18(4)26-24(29)19(5)27(14-20-9-7-8-10-21(20)25)23(28)15-30-22-13-16(2)11-12-17(22)3/h7-13,18-19H,6,14-15H2,1-5H3,(H,26,29)/t18-,19-/m1/s1. The van der Waals surface area contributed by atoms with Gasteiger partial charge in [-0.25, -0.2) is 0 Å². The quantitative estimate of drug-likeness (QED) is 0.629. The SMILES string of the molecule is CC[C@@H](C)NC(=O)[C@@H](C)N(Cc1ccccc1Cl)C(=O)COc1cc(C)ccc1C. The van der Waals surface area contributed by atoms with E-state index in [0.717, 1.165) is 23.1 Å². The molecule has 0 heterocycles. The first-order valence-corrected chi connectivity index (χ1v) is 10.6. The lowest BCUT2D eigenvalue weighted by molar-refractivity contribution is -0.142. The molecule has 0 saturated heterocycles. The van der Waals surface area contributed by atoms with E-state index in [9.17, 15) is 9.59 Å². The third-order valence-electron chi connectivity index (χ3n) is 5.16. The van der Waals surface area contributed by atoms with Gasteiger partial charge in [0.1, 0.15) is 11.8 Å². The molecule has 2 aromatic rings. The van der Waals surface area contributed by atoms with Crippen molar-refractivity contribution in [2.24, 2.45) is 0 Å². The predicted molar refractivity (Wildman–Crippen MR) is 121 cm³/mol. The van der Waals surface area contributed by atoms with E-state index in [0.29, 0.717) is 10.8 Å². The van der Waals surface area contributed by atoms with Crippen LogP contribution >= 0.6 is 11.6 Å². The van der Waals surface area contributed by atoms with Gasteiger partial charge < -0.3 is 15.0 Å². The molecule has 2 aromatic carbocycles. The van der Waals surface area contributed by atoms with Crippen LogP contribution in [0.15, 0.2) is 42.5 Å². The van der Waals surface area contributed by atoms with Crippen molar-refractivity contribution in [1.82, 2.24) is 10.2 Å². The fraction of sp³-hybridized carbons (Fsp3) is 0.417. The topological polar surface area (TPSA) is 58.6 Å². The number of benzene rings is 2. The smallest absolute Gasteiger partial charge is 0.261 e. The second-order valence-electron chi connectivity index (χ2n) is 7.66. The lowest BCUT2D eigenvalue weighted by atomic mass is 10.1. The second kappa shape index (κ2) is 11.0. The molecule has 0 spiro atoms. The van der Waals surface area contributed by atoms with Crippen molar-refractivity contribution in [1.29, 1.82) is 0 Å². The van der Waals surface area contributed by atoms with Crippen molar-refractivity contribution in [3.05, 3.63) is 64.2 Å². The van der Waals surface area contributed by atoms with Crippen molar-refractivity contribution in [3.8, 4) is 5.75 Å². The zero-order valence-corrected chi connectivity index (χ0v) is 19.1. The summed E-state index contributed by atoms with van der Waals surface area (Å²) in [5, 5.41) is 3.50. The molecule has 0 aliphatic carbocycles. The van der Waals surface area contributed by atoms with Gasteiger partial charge >= 0.3 is 0 Å². The molecule has 0 radical (unpaired) electrons. The Labute approximate surface area is 184 Å². The van der Waals surface area contributed by atoms with Gasteiger partial charge in [0, 0.05) is 17.6 Å². The summed E-state index contributed by atoms with van der Waals surface area (Å²) in [5.41, 5.74) is 2.79. The predicted octanol–water partition coefficient (Wildman–Crippen LogP) is 4.67. The molecular weight excluding hydrogens is 400 g/mol. The van der Waals surface area contributed by atoms with E-state index >= 15 is 0 Å². The highest BCUT2D eigenvalue weighted by atomic mass is 35.5. The molecule has 2 rings (SSSR count). The third kappa shape index (κ3) is 6.49. The maximum absolute atomic E-state index is 13.1. The molecule has 6 heteroatoms. The van der Waals surface area contributed by atoms with Gasteiger partial charge in [-0.3, -0.25) is 9.59 Å². The summed E-state index contributed by atoms with van der Waals surface area (Å²) in [6.07, 6.45) is 0.812. The van der Waals surface area contributed by atoms with E-state index in [1.165, 1.54) is 4.90 Å². The van der Waals surface area contributed by atoms with Crippen molar-refractivity contribution in [2.75, 3.05) is 6.61 Å².